The van der Waals surface area contributed by atoms with E-state index in [-0.39, 0.29) is 17.4 Å². The minimum absolute atomic E-state index is 0.0821. The molecule has 1 aromatic rings. The highest BCUT2D eigenvalue weighted by molar-refractivity contribution is 8.00. The molecule has 3 N–H and O–H groups in total. The van der Waals surface area contributed by atoms with Crippen molar-refractivity contribution in [3.8, 4) is 5.75 Å². The van der Waals surface area contributed by atoms with E-state index >= 15 is 0 Å². The number of hydrogen-bond donors (Lipinski definition) is 3. The topological polar surface area (TPSA) is 78.4 Å². The number of imide groups is 1. The highest BCUT2D eigenvalue weighted by Crippen LogP contribution is 2.27. The molecule has 0 aliphatic heterocycles. The van der Waals surface area contributed by atoms with Gasteiger partial charge in [-0.05, 0) is 18.6 Å². The van der Waals surface area contributed by atoms with Crippen LogP contribution in [0.3, 0.4) is 0 Å². The first-order valence-corrected chi connectivity index (χ1v) is 7.10. The summed E-state index contributed by atoms with van der Waals surface area (Å²) in [5.74, 6) is -0.173. The molecule has 19 heavy (non-hydrogen) atoms. The van der Waals surface area contributed by atoms with E-state index in [0.29, 0.717) is 11.4 Å². The Balaban J connectivity index is 2.28. The SMILES string of the molecule is CCCCNC(=O)NC(=O)CSc1ccccc1O. The molecule has 0 saturated carbocycles. The third kappa shape index (κ3) is 6.15. The fourth-order valence-corrected chi connectivity index (χ4v) is 2.06. The predicted octanol–water partition coefficient (Wildman–Crippen LogP) is 2.11. The molecular weight excluding hydrogens is 264 g/mol. The van der Waals surface area contributed by atoms with Crippen molar-refractivity contribution in [3.63, 3.8) is 0 Å². The van der Waals surface area contributed by atoms with Gasteiger partial charge in [0.15, 0.2) is 0 Å². The van der Waals surface area contributed by atoms with Gasteiger partial charge in [0.25, 0.3) is 0 Å². The molecule has 0 radical (unpaired) electrons. The second kappa shape index (κ2) is 8.42. The zero-order valence-electron chi connectivity index (χ0n) is 10.8. The van der Waals surface area contributed by atoms with Crippen molar-refractivity contribution in [1.29, 1.82) is 0 Å². The van der Waals surface area contributed by atoms with E-state index < -0.39 is 6.03 Å². The second-order valence-electron chi connectivity index (χ2n) is 3.91. The first-order valence-electron chi connectivity index (χ1n) is 6.12. The van der Waals surface area contributed by atoms with Crippen LogP contribution in [0.2, 0.25) is 0 Å². The average molecular weight is 282 g/mol. The molecule has 0 aliphatic rings. The van der Waals surface area contributed by atoms with E-state index in [1.807, 2.05) is 6.92 Å². The number of carbonyl (C=O) groups excluding carboxylic acids is 2. The molecule has 0 saturated heterocycles. The number of thioether (sulfide) groups is 1. The summed E-state index contributed by atoms with van der Waals surface area (Å²) < 4.78 is 0. The van der Waals surface area contributed by atoms with Crippen LogP contribution in [0.4, 0.5) is 4.79 Å². The molecule has 1 aromatic carbocycles. The number of phenols is 1. The van der Waals surface area contributed by atoms with Gasteiger partial charge in [-0.25, -0.2) is 4.79 Å². The van der Waals surface area contributed by atoms with E-state index in [0.717, 1.165) is 12.8 Å². The molecule has 0 heterocycles. The van der Waals surface area contributed by atoms with Crippen molar-refractivity contribution in [2.45, 2.75) is 24.7 Å². The van der Waals surface area contributed by atoms with Gasteiger partial charge < -0.3 is 10.4 Å². The fourth-order valence-electron chi connectivity index (χ4n) is 1.31. The van der Waals surface area contributed by atoms with E-state index in [1.54, 1.807) is 24.3 Å². The van der Waals surface area contributed by atoms with Crippen molar-refractivity contribution < 1.29 is 14.7 Å². The van der Waals surface area contributed by atoms with Gasteiger partial charge >= 0.3 is 6.03 Å². The molecule has 0 aliphatic carbocycles. The summed E-state index contributed by atoms with van der Waals surface area (Å²) in [6.45, 7) is 2.58. The molecule has 0 atom stereocenters. The Bertz CT molecular complexity index is 438. The lowest BCUT2D eigenvalue weighted by Crippen LogP contribution is -2.40. The molecule has 0 spiro atoms. The number of benzene rings is 1. The highest BCUT2D eigenvalue weighted by atomic mass is 32.2. The number of hydrogen-bond acceptors (Lipinski definition) is 4. The van der Waals surface area contributed by atoms with Gasteiger partial charge in [0, 0.05) is 11.4 Å². The van der Waals surface area contributed by atoms with Gasteiger partial charge in [0.2, 0.25) is 5.91 Å². The maximum atomic E-state index is 11.5. The van der Waals surface area contributed by atoms with Crippen LogP contribution >= 0.6 is 11.8 Å². The van der Waals surface area contributed by atoms with Crippen LogP contribution in [0.25, 0.3) is 0 Å². The number of carbonyl (C=O) groups is 2. The Morgan fingerprint density at radius 1 is 1.32 bits per heavy atom. The molecule has 0 fully saturated rings. The smallest absolute Gasteiger partial charge is 0.321 e. The molecule has 0 bridgehead atoms. The Morgan fingerprint density at radius 3 is 2.74 bits per heavy atom. The highest BCUT2D eigenvalue weighted by Gasteiger charge is 2.08. The third-order valence-electron chi connectivity index (χ3n) is 2.29. The van der Waals surface area contributed by atoms with Crippen LogP contribution in [0, 0.1) is 0 Å². The summed E-state index contributed by atoms with van der Waals surface area (Å²) >= 11 is 1.18. The summed E-state index contributed by atoms with van der Waals surface area (Å²) in [7, 11) is 0. The number of phenolic OH excluding ortho intramolecular Hbond substituents is 1. The standard InChI is InChI=1S/C13H18N2O3S/c1-2-3-8-14-13(18)15-12(17)9-19-11-7-5-4-6-10(11)16/h4-7,16H,2-3,8-9H2,1H3,(H2,14,15,17,18). The minimum Gasteiger partial charge on any atom is -0.507 e. The van der Waals surface area contributed by atoms with E-state index in [9.17, 15) is 14.7 Å². The zero-order valence-corrected chi connectivity index (χ0v) is 11.6. The molecule has 104 valence electrons. The summed E-state index contributed by atoms with van der Waals surface area (Å²) in [4.78, 5) is 23.4. The lowest BCUT2D eigenvalue weighted by atomic mass is 10.3. The molecule has 0 aromatic heterocycles. The molecule has 0 unspecified atom stereocenters. The molecular formula is C13H18N2O3S. The van der Waals surface area contributed by atoms with Gasteiger partial charge in [-0.3, -0.25) is 10.1 Å². The Kier molecular flexibility index (Phi) is 6.81. The average Bonchev–Trinajstić information content (AvgIpc) is 2.38. The van der Waals surface area contributed by atoms with E-state index in [4.69, 9.17) is 0 Å². The number of para-hydroxylation sites is 1. The van der Waals surface area contributed by atoms with Gasteiger partial charge in [-0.1, -0.05) is 25.5 Å². The van der Waals surface area contributed by atoms with Crippen molar-refractivity contribution in [2.75, 3.05) is 12.3 Å². The van der Waals surface area contributed by atoms with Crippen LogP contribution in [-0.2, 0) is 4.79 Å². The van der Waals surface area contributed by atoms with Crippen molar-refractivity contribution in [3.05, 3.63) is 24.3 Å². The van der Waals surface area contributed by atoms with Gasteiger partial charge in [-0.15, -0.1) is 11.8 Å². The van der Waals surface area contributed by atoms with E-state index in [2.05, 4.69) is 10.6 Å². The molecule has 6 heteroatoms. The second-order valence-corrected chi connectivity index (χ2v) is 4.93. The summed E-state index contributed by atoms with van der Waals surface area (Å²) in [5, 5.41) is 14.3. The predicted molar refractivity (Wildman–Crippen MR) is 75.3 cm³/mol. The largest absolute Gasteiger partial charge is 0.507 e. The number of amides is 3. The van der Waals surface area contributed by atoms with Gasteiger partial charge in [0.05, 0.1) is 5.75 Å². The molecule has 5 nitrogen and oxygen atoms in total. The fraction of sp³-hybridized carbons (Fsp3) is 0.385. The van der Waals surface area contributed by atoms with Crippen LogP contribution in [0.5, 0.6) is 5.75 Å². The lowest BCUT2D eigenvalue weighted by Gasteiger charge is -2.06. The van der Waals surface area contributed by atoms with Crippen LogP contribution in [-0.4, -0.2) is 29.3 Å². The quantitative estimate of drug-likeness (QED) is 0.551. The number of unbranched alkanes of at least 4 members (excludes halogenated alkanes) is 1. The van der Waals surface area contributed by atoms with Crippen molar-refractivity contribution in [1.82, 2.24) is 10.6 Å². The number of nitrogens with one attached hydrogen (secondary N) is 2. The summed E-state index contributed by atoms with van der Waals surface area (Å²) in [6, 6.07) is 6.28. The van der Waals surface area contributed by atoms with Crippen LogP contribution in [0.1, 0.15) is 19.8 Å². The third-order valence-corrected chi connectivity index (χ3v) is 3.36. The maximum Gasteiger partial charge on any atom is 0.321 e. The summed E-state index contributed by atoms with van der Waals surface area (Å²) in [6.07, 6.45) is 1.87. The van der Waals surface area contributed by atoms with Crippen molar-refractivity contribution in [2.24, 2.45) is 0 Å². The molecule has 3 amide bonds. The normalized spacial score (nSPS) is 9.95. The Hall–Kier alpha value is -1.69. The first kappa shape index (κ1) is 15.4. The van der Waals surface area contributed by atoms with Gasteiger partial charge in [0.1, 0.15) is 5.75 Å². The van der Waals surface area contributed by atoms with Gasteiger partial charge in [-0.2, -0.15) is 0 Å². The number of aromatic hydroxyl groups is 1. The minimum atomic E-state index is -0.476. The lowest BCUT2D eigenvalue weighted by molar-refractivity contribution is -0.117. The van der Waals surface area contributed by atoms with Crippen molar-refractivity contribution >= 4 is 23.7 Å². The van der Waals surface area contributed by atoms with Crippen LogP contribution < -0.4 is 10.6 Å². The zero-order chi connectivity index (χ0) is 14.1. The maximum absolute atomic E-state index is 11.5. The number of rotatable bonds is 6. The Labute approximate surface area is 116 Å². The number of urea groups is 1. The van der Waals surface area contributed by atoms with Crippen LogP contribution in [0.15, 0.2) is 29.2 Å². The Morgan fingerprint density at radius 2 is 2.05 bits per heavy atom. The van der Waals surface area contributed by atoms with E-state index in [1.165, 1.54) is 11.8 Å². The monoisotopic (exact) mass is 282 g/mol. The molecule has 1 rings (SSSR count). The summed E-state index contributed by atoms with van der Waals surface area (Å²) in [5.41, 5.74) is 0. The first-order chi connectivity index (χ1) is 9.13.